The van der Waals surface area contributed by atoms with E-state index in [1.54, 1.807) is 11.3 Å². The van der Waals surface area contributed by atoms with Crippen LogP contribution < -0.4 is 0 Å². The second-order valence-electron chi connectivity index (χ2n) is 6.44. The molecule has 6 nitrogen and oxygen atoms in total. The molecule has 2 aliphatic rings. The van der Waals surface area contributed by atoms with Crippen molar-refractivity contribution in [2.24, 2.45) is 11.8 Å². The van der Waals surface area contributed by atoms with Crippen LogP contribution in [0.25, 0.3) is 11.4 Å². The topological polar surface area (TPSA) is 62.5 Å². The molecule has 2 aromatic rings. The average Bonchev–Trinajstić information content (AvgIpc) is 3.00. The lowest BCUT2D eigenvalue weighted by molar-refractivity contribution is -0.134. The van der Waals surface area contributed by atoms with Crippen LogP contribution in [-0.4, -0.2) is 52.0 Å². The van der Waals surface area contributed by atoms with Gasteiger partial charge in [-0.2, -0.15) is 16.3 Å². The zero-order chi connectivity index (χ0) is 15.8. The SMILES string of the molecule is C[C@@H]1C[C@H]1C(=O)N1CCN(Cc2nc(-c3ccsc3)no2)CC1. The summed E-state index contributed by atoms with van der Waals surface area (Å²) in [6, 6.07) is 1.99. The van der Waals surface area contributed by atoms with Crippen LogP contribution in [0, 0.1) is 11.8 Å². The van der Waals surface area contributed by atoms with E-state index in [1.165, 1.54) is 0 Å². The Morgan fingerprint density at radius 3 is 2.83 bits per heavy atom. The van der Waals surface area contributed by atoms with Crippen molar-refractivity contribution in [1.29, 1.82) is 0 Å². The number of nitrogens with zero attached hydrogens (tertiary/aromatic N) is 4. The monoisotopic (exact) mass is 332 g/mol. The Kier molecular flexibility index (Phi) is 3.90. The fraction of sp³-hybridized carbons (Fsp3) is 0.562. The molecule has 0 aromatic carbocycles. The van der Waals surface area contributed by atoms with E-state index >= 15 is 0 Å². The number of aromatic nitrogens is 2. The maximum atomic E-state index is 12.2. The van der Waals surface area contributed by atoms with Crippen LogP contribution in [-0.2, 0) is 11.3 Å². The Bertz CT molecular complexity index is 676. The van der Waals surface area contributed by atoms with Gasteiger partial charge in [-0.05, 0) is 23.8 Å². The first kappa shape index (κ1) is 14.8. The van der Waals surface area contributed by atoms with Crippen LogP contribution in [0.2, 0.25) is 0 Å². The summed E-state index contributed by atoms with van der Waals surface area (Å²) in [7, 11) is 0. The molecule has 2 fully saturated rings. The van der Waals surface area contributed by atoms with Gasteiger partial charge in [-0.25, -0.2) is 0 Å². The maximum absolute atomic E-state index is 12.2. The van der Waals surface area contributed by atoms with E-state index in [2.05, 4.69) is 22.0 Å². The molecule has 0 N–H and O–H groups in total. The Morgan fingerprint density at radius 2 is 2.17 bits per heavy atom. The molecule has 4 rings (SSSR count). The van der Waals surface area contributed by atoms with Crippen LogP contribution in [0.5, 0.6) is 0 Å². The summed E-state index contributed by atoms with van der Waals surface area (Å²) in [5, 5.41) is 8.05. The second-order valence-corrected chi connectivity index (χ2v) is 7.22. The highest BCUT2D eigenvalue weighted by molar-refractivity contribution is 7.08. The van der Waals surface area contributed by atoms with Crippen LogP contribution in [0.15, 0.2) is 21.3 Å². The van der Waals surface area contributed by atoms with Crippen LogP contribution in [0.4, 0.5) is 0 Å². The minimum atomic E-state index is 0.283. The van der Waals surface area contributed by atoms with Crippen molar-refractivity contribution in [3.8, 4) is 11.4 Å². The van der Waals surface area contributed by atoms with Gasteiger partial charge in [-0.1, -0.05) is 12.1 Å². The molecule has 1 aliphatic carbocycles. The molecule has 7 heteroatoms. The third-order valence-corrected chi connectivity index (χ3v) is 5.40. The lowest BCUT2D eigenvalue weighted by Gasteiger charge is -2.34. The summed E-state index contributed by atoms with van der Waals surface area (Å²) < 4.78 is 5.35. The van der Waals surface area contributed by atoms with Gasteiger partial charge >= 0.3 is 0 Å². The molecule has 122 valence electrons. The van der Waals surface area contributed by atoms with E-state index in [0.29, 0.717) is 30.1 Å². The minimum Gasteiger partial charge on any atom is -0.340 e. The molecule has 0 unspecified atom stereocenters. The number of amides is 1. The summed E-state index contributed by atoms with van der Waals surface area (Å²) in [4.78, 5) is 21.0. The van der Waals surface area contributed by atoms with Gasteiger partial charge in [-0.15, -0.1) is 0 Å². The zero-order valence-corrected chi connectivity index (χ0v) is 14.0. The molecule has 23 heavy (non-hydrogen) atoms. The molecule has 0 radical (unpaired) electrons. The molecule has 2 aromatic heterocycles. The van der Waals surface area contributed by atoms with E-state index in [-0.39, 0.29) is 5.92 Å². The highest BCUT2D eigenvalue weighted by Crippen LogP contribution is 2.39. The van der Waals surface area contributed by atoms with Gasteiger partial charge in [0.05, 0.1) is 6.54 Å². The van der Waals surface area contributed by atoms with Crippen LogP contribution in [0.3, 0.4) is 0 Å². The first-order chi connectivity index (χ1) is 11.2. The van der Waals surface area contributed by atoms with Gasteiger partial charge in [0.25, 0.3) is 0 Å². The number of carbonyl (C=O) groups excluding carboxylic acids is 1. The van der Waals surface area contributed by atoms with E-state index in [9.17, 15) is 4.79 Å². The van der Waals surface area contributed by atoms with Crippen molar-refractivity contribution < 1.29 is 9.32 Å². The number of carbonyl (C=O) groups is 1. The third kappa shape index (κ3) is 3.16. The van der Waals surface area contributed by atoms with E-state index in [0.717, 1.165) is 38.2 Å². The Labute approximate surface area is 139 Å². The first-order valence-electron chi connectivity index (χ1n) is 8.07. The van der Waals surface area contributed by atoms with Gasteiger partial charge in [0, 0.05) is 43.0 Å². The summed E-state index contributed by atoms with van der Waals surface area (Å²) in [6.07, 6.45) is 1.06. The van der Waals surface area contributed by atoms with Crippen molar-refractivity contribution in [3.63, 3.8) is 0 Å². The Morgan fingerprint density at radius 1 is 1.39 bits per heavy atom. The molecule has 0 spiro atoms. The molecule has 1 saturated heterocycles. The fourth-order valence-corrected chi connectivity index (χ4v) is 3.68. The van der Waals surface area contributed by atoms with Gasteiger partial charge in [0.2, 0.25) is 17.6 Å². The maximum Gasteiger partial charge on any atom is 0.241 e. The summed E-state index contributed by atoms with van der Waals surface area (Å²) >= 11 is 1.62. The van der Waals surface area contributed by atoms with Gasteiger partial charge in [0.1, 0.15) is 0 Å². The van der Waals surface area contributed by atoms with Crippen molar-refractivity contribution >= 4 is 17.2 Å². The second kappa shape index (κ2) is 6.05. The summed E-state index contributed by atoms with van der Waals surface area (Å²) in [6.45, 7) is 6.13. The minimum absolute atomic E-state index is 0.283. The smallest absolute Gasteiger partial charge is 0.241 e. The Balaban J connectivity index is 1.30. The molecule has 2 atom stereocenters. The van der Waals surface area contributed by atoms with Crippen LogP contribution in [0.1, 0.15) is 19.2 Å². The summed E-state index contributed by atoms with van der Waals surface area (Å²) in [5.41, 5.74) is 0.999. The predicted octanol–water partition coefficient (Wildman–Crippen LogP) is 2.10. The Hall–Kier alpha value is -1.73. The fourth-order valence-electron chi connectivity index (χ4n) is 3.05. The zero-order valence-electron chi connectivity index (χ0n) is 13.1. The van der Waals surface area contributed by atoms with E-state index in [1.807, 2.05) is 21.7 Å². The average molecular weight is 332 g/mol. The van der Waals surface area contributed by atoms with Crippen molar-refractivity contribution in [2.75, 3.05) is 26.2 Å². The van der Waals surface area contributed by atoms with Crippen LogP contribution >= 0.6 is 11.3 Å². The number of hydrogen-bond acceptors (Lipinski definition) is 6. The number of piperazine rings is 1. The molecular weight excluding hydrogens is 312 g/mol. The van der Waals surface area contributed by atoms with E-state index in [4.69, 9.17) is 4.52 Å². The highest BCUT2D eigenvalue weighted by atomic mass is 32.1. The number of rotatable bonds is 4. The van der Waals surface area contributed by atoms with Crippen molar-refractivity contribution in [1.82, 2.24) is 19.9 Å². The lowest BCUT2D eigenvalue weighted by atomic mass is 10.2. The molecule has 1 amide bonds. The third-order valence-electron chi connectivity index (χ3n) is 4.72. The predicted molar refractivity (Wildman–Crippen MR) is 86.7 cm³/mol. The summed E-state index contributed by atoms with van der Waals surface area (Å²) in [5.74, 6) is 2.49. The van der Waals surface area contributed by atoms with Crippen molar-refractivity contribution in [2.45, 2.75) is 19.9 Å². The van der Waals surface area contributed by atoms with Crippen molar-refractivity contribution in [3.05, 3.63) is 22.7 Å². The van der Waals surface area contributed by atoms with Gasteiger partial charge in [-0.3, -0.25) is 9.69 Å². The highest BCUT2D eigenvalue weighted by Gasteiger charge is 2.41. The lowest BCUT2D eigenvalue weighted by Crippen LogP contribution is -2.48. The van der Waals surface area contributed by atoms with E-state index < -0.39 is 0 Å². The molecule has 3 heterocycles. The normalized spacial score (nSPS) is 24.8. The quantitative estimate of drug-likeness (QED) is 0.858. The molecule has 1 aliphatic heterocycles. The molecule has 0 bridgehead atoms. The molecular formula is C16H20N4O2S. The van der Waals surface area contributed by atoms with Gasteiger partial charge < -0.3 is 9.42 Å². The largest absolute Gasteiger partial charge is 0.340 e. The standard InChI is InChI=1S/C16H20N4O2S/c1-11-8-13(11)16(21)20-5-3-19(4-6-20)9-14-17-15(18-22-14)12-2-7-23-10-12/h2,7,10-11,13H,3-6,8-9H2,1H3/t11-,13-/m1/s1. The number of thiophene rings is 1. The number of hydrogen-bond donors (Lipinski definition) is 0. The first-order valence-corrected chi connectivity index (χ1v) is 9.01. The van der Waals surface area contributed by atoms with Gasteiger partial charge in [0.15, 0.2) is 0 Å². The molecule has 1 saturated carbocycles.